The summed E-state index contributed by atoms with van der Waals surface area (Å²) < 4.78 is 0. The first-order valence-electron chi connectivity index (χ1n) is 6.02. The fourth-order valence-corrected chi connectivity index (χ4v) is 1.74. The van der Waals surface area contributed by atoms with Gasteiger partial charge in [0.05, 0.1) is 0 Å². The second-order valence-corrected chi connectivity index (χ2v) is 4.15. The molecule has 0 heterocycles. The predicted octanol–water partition coefficient (Wildman–Crippen LogP) is 4.67. The lowest BCUT2D eigenvalue weighted by atomic mass is 10.0. The number of hydrogen-bond acceptors (Lipinski definition) is 1. The van der Waals surface area contributed by atoms with Crippen LogP contribution < -0.4 is 0 Å². The fraction of sp³-hybridized carbons (Fsp3) is 0.400. The lowest BCUT2D eigenvalue weighted by Gasteiger charge is -2.03. The molecule has 1 rings (SSSR count). The van der Waals surface area contributed by atoms with Crippen molar-refractivity contribution < 1.29 is 0 Å². The first-order valence-corrected chi connectivity index (χ1v) is 6.02. The van der Waals surface area contributed by atoms with Gasteiger partial charge in [-0.1, -0.05) is 56.2 Å². The molecule has 0 aliphatic heterocycles. The predicted molar refractivity (Wildman–Crippen MR) is 72.1 cm³/mol. The number of benzene rings is 1. The van der Waals surface area contributed by atoms with E-state index in [9.17, 15) is 0 Å². The van der Waals surface area contributed by atoms with Crippen molar-refractivity contribution in [2.75, 3.05) is 0 Å². The van der Waals surface area contributed by atoms with Crippen molar-refractivity contribution in [2.45, 2.75) is 40.0 Å². The molecule has 0 saturated heterocycles. The van der Waals surface area contributed by atoms with Gasteiger partial charge in [0.15, 0.2) is 0 Å². The third-order valence-corrected chi connectivity index (χ3v) is 2.74. The SMILES string of the molecule is CCCC(=Cc1ccc(C(C)=N)cc1)CC. The van der Waals surface area contributed by atoms with E-state index in [0.717, 1.165) is 12.0 Å². The van der Waals surface area contributed by atoms with Crippen molar-refractivity contribution in [1.82, 2.24) is 0 Å². The average molecular weight is 215 g/mol. The Kier molecular flexibility index (Phi) is 4.97. The molecule has 0 aliphatic carbocycles. The standard InChI is InChI=1S/C15H21N/c1-4-6-13(5-2)11-14-7-9-15(10-8-14)12(3)16/h7-11,16H,4-6H2,1-3H3. The zero-order chi connectivity index (χ0) is 12.0. The topological polar surface area (TPSA) is 23.9 Å². The minimum atomic E-state index is 0.625. The van der Waals surface area contributed by atoms with E-state index in [1.807, 2.05) is 19.1 Å². The van der Waals surface area contributed by atoms with Gasteiger partial charge in [0, 0.05) is 5.71 Å². The van der Waals surface area contributed by atoms with Gasteiger partial charge in [-0.2, -0.15) is 0 Å². The molecule has 0 aliphatic rings. The average Bonchev–Trinajstić information content (AvgIpc) is 2.29. The normalized spacial score (nSPS) is 11.6. The molecular weight excluding hydrogens is 194 g/mol. The molecule has 0 spiro atoms. The van der Waals surface area contributed by atoms with E-state index in [-0.39, 0.29) is 0 Å². The lowest BCUT2D eigenvalue weighted by Crippen LogP contribution is -1.91. The highest BCUT2D eigenvalue weighted by Gasteiger charge is 1.96. The van der Waals surface area contributed by atoms with Gasteiger partial charge in [0.2, 0.25) is 0 Å². The fourth-order valence-electron chi connectivity index (χ4n) is 1.74. The summed E-state index contributed by atoms with van der Waals surface area (Å²) in [5, 5.41) is 7.53. The quantitative estimate of drug-likeness (QED) is 0.690. The minimum absolute atomic E-state index is 0.625. The maximum absolute atomic E-state index is 7.53. The van der Waals surface area contributed by atoms with Crippen molar-refractivity contribution in [3.63, 3.8) is 0 Å². The summed E-state index contributed by atoms with van der Waals surface area (Å²) in [6.07, 6.45) is 5.78. The molecule has 1 heteroatoms. The molecule has 0 unspecified atom stereocenters. The van der Waals surface area contributed by atoms with Gasteiger partial charge in [0.25, 0.3) is 0 Å². The van der Waals surface area contributed by atoms with Crippen molar-refractivity contribution >= 4 is 11.8 Å². The Morgan fingerprint density at radius 2 is 1.81 bits per heavy atom. The first kappa shape index (κ1) is 12.7. The van der Waals surface area contributed by atoms with E-state index in [0.29, 0.717) is 5.71 Å². The Bertz CT molecular complexity index is 371. The number of nitrogens with one attached hydrogen (secondary N) is 1. The molecule has 1 N–H and O–H groups in total. The number of allylic oxidation sites excluding steroid dienone is 1. The molecule has 0 fully saturated rings. The Hall–Kier alpha value is -1.37. The largest absolute Gasteiger partial charge is 0.305 e. The highest BCUT2D eigenvalue weighted by molar-refractivity contribution is 5.96. The van der Waals surface area contributed by atoms with Crippen LogP contribution >= 0.6 is 0 Å². The molecule has 1 aromatic carbocycles. The van der Waals surface area contributed by atoms with Crippen LogP contribution in [0.15, 0.2) is 29.8 Å². The summed E-state index contributed by atoms with van der Waals surface area (Å²) in [6, 6.07) is 8.23. The van der Waals surface area contributed by atoms with E-state index in [2.05, 4.69) is 32.1 Å². The number of rotatable bonds is 5. The summed E-state index contributed by atoms with van der Waals surface area (Å²) in [5.41, 5.74) is 4.38. The van der Waals surface area contributed by atoms with Crippen LogP contribution in [0, 0.1) is 5.41 Å². The maximum atomic E-state index is 7.53. The van der Waals surface area contributed by atoms with Crippen LogP contribution in [0.2, 0.25) is 0 Å². The van der Waals surface area contributed by atoms with Crippen LogP contribution in [0.5, 0.6) is 0 Å². The zero-order valence-corrected chi connectivity index (χ0v) is 10.5. The van der Waals surface area contributed by atoms with Gasteiger partial charge in [-0.15, -0.1) is 0 Å². The molecular formula is C15H21N. The van der Waals surface area contributed by atoms with Crippen LogP contribution in [0.25, 0.3) is 6.08 Å². The monoisotopic (exact) mass is 215 g/mol. The first-order chi connectivity index (χ1) is 7.67. The third kappa shape index (κ3) is 3.65. The Morgan fingerprint density at radius 3 is 2.25 bits per heavy atom. The van der Waals surface area contributed by atoms with Crippen LogP contribution in [0.4, 0.5) is 0 Å². The highest BCUT2D eigenvalue weighted by atomic mass is 14.4. The molecule has 16 heavy (non-hydrogen) atoms. The van der Waals surface area contributed by atoms with Gasteiger partial charge in [-0.25, -0.2) is 0 Å². The Morgan fingerprint density at radius 1 is 1.19 bits per heavy atom. The van der Waals surface area contributed by atoms with Gasteiger partial charge in [-0.3, -0.25) is 0 Å². The summed E-state index contributed by atoms with van der Waals surface area (Å²) in [7, 11) is 0. The summed E-state index contributed by atoms with van der Waals surface area (Å²) in [4.78, 5) is 0. The van der Waals surface area contributed by atoms with E-state index in [1.165, 1.54) is 24.0 Å². The van der Waals surface area contributed by atoms with Crippen LogP contribution in [-0.2, 0) is 0 Å². The van der Waals surface area contributed by atoms with E-state index in [4.69, 9.17) is 5.41 Å². The van der Waals surface area contributed by atoms with Crippen LogP contribution in [0.1, 0.15) is 51.2 Å². The summed E-state index contributed by atoms with van der Waals surface area (Å²) in [6.45, 7) is 6.24. The number of hydrogen-bond donors (Lipinski definition) is 1. The van der Waals surface area contributed by atoms with Crippen molar-refractivity contribution in [2.24, 2.45) is 0 Å². The molecule has 86 valence electrons. The van der Waals surface area contributed by atoms with Crippen molar-refractivity contribution in [3.8, 4) is 0 Å². The molecule has 1 nitrogen and oxygen atoms in total. The molecule has 0 radical (unpaired) electrons. The summed E-state index contributed by atoms with van der Waals surface area (Å²) >= 11 is 0. The van der Waals surface area contributed by atoms with Gasteiger partial charge in [-0.05, 0) is 30.9 Å². The van der Waals surface area contributed by atoms with Gasteiger partial charge < -0.3 is 5.41 Å². The molecule has 0 atom stereocenters. The minimum Gasteiger partial charge on any atom is -0.305 e. The van der Waals surface area contributed by atoms with Crippen LogP contribution in [-0.4, -0.2) is 5.71 Å². The van der Waals surface area contributed by atoms with Crippen LogP contribution in [0.3, 0.4) is 0 Å². The lowest BCUT2D eigenvalue weighted by molar-refractivity contribution is 0.866. The second-order valence-electron chi connectivity index (χ2n) is 4.15. The van der Waals surface area contributed by atoms with Crippen molar-refractivity contribution in [1.29, 1.82) is 5.41 Å². The zero-order valence-electron chi connectivity index (χ0n) is 10.5. The smallest absolute Gasteiger partial charge is 0.0355 e. The van der Waals surface area contributed by atoms with Gasteiger partial charge in [0.1, 0.15) is 0 Å². The third-order valence-electron chi connectivity index (χ3n) is 2.74. The molecule has 1 aromatic rings. The Balaban J connectivity index is 2.84. The van der Waals surface area contributed by atoms with Gasteiger partial charge >= 0.3 is 0 Å². The molecule has 0 bridgehead atoms. The molecule has 0 aromatic heterocycles. The van der Waals surface area contributed by atoms with E-state index < -0.39 is 0 Å². The Labute approximate surface area is 98.7 Å². The van der Waals surface area contributed by atoms with Crippen molar-refractivity contribution in [3.05, 3.63) is 41.0 Å². The molecule has 0 saturated carbocycles. The maximum Gasteiger partial charge on any atom is 0.0355 e. The van der Waals surface area contributed by atoms with E-state index in [1.54, 1.807) is 0 Å². The highest BCUT2D eigenvalue weighted by Crippen LogP contribution is 2.15. The summed E-state index contributed by atoms with van der Waals surface area (Å²) in [5.74, 6) is 0. The second kappa shape index (κ2) is 6.26. The molecule has 0 amide bonds. The van der Waals surface area contributed by atoms with E-state index >= 15 is 0 Å².